The van der Waals surface area contributed by atoms with Gasteiger partial charge in [-0.3, -0.25) is 0 Å². The number of para-hydroxylation sites is 2. The molecular weight excluding hydrogens is 544 g/mol. The van der Waals surface area contributed by atoms with Gasteiger partial charge in [-0.25, -0.2) is 0 Å². The van der Waals surface area contributed by atoms with Gasteiger partial charge in [0.2, 0.25) is 0 Å². The lowest BCUT2D eigenvalue weighted by atomic mass is 9.82. The Balaban J connectivity index is 1.29. The Bertz CT molecular complexity index is 2680. The number of fused-ring (bicyclic) bond motifs is 11. The zero-order valence-corrected chi connectivity index (χ0v) is 25.2. The molecule has 0 fully saturated rings. The molecule has 0 aliphatic heterocycles. The third kappa shape index (κ3) is 3.29. The first kappa shape index (κ1) is 24.8. The quantitative estimate of drug-likeness (QED) is 0.212. The molecule has 1 aliphatic rings. The average Bonchev–Trinajstić information content (AvgIpc) is 3.70. The molecule has 0 saturated carbocycles. The van der Waals surface area contributed by atoms with Gasteiger partial charge in [0.05, 0.1) is 11.0 Å². The summed E-state index contributed by atoms with van der Waals surface area (Å²) in [5.74, 6) is 0. The molecule has 1 aliphatic carbocycles. The molecule has 1 N–H and O–H groups in total. The van der Waals surface area contributed by atoms with Crippen molar-refractivity contribution in [1.29, 1.82) is 0 Å². The number of hydrogen-bond donors (Lipinski definition) is 1. The van der Waals surface area contributed by atoms with Crippen molar-refractivity contribution in [2.24, 2.45) is 0 Å². The van der Waals surface area contributed by atoms with Crippen molar-refractivity contribution in [3.05, 3.63) is 151 Å². The van der Waals surface area contributed by atoms with E-state index in [1.54, 1.807) is 0 Å². The largest absolute Gasteiger partial charge is 0.355 e. The molecule has 2 heterocycles. The summed E-state index contributed by atoms with van der Waals surface area (Å²) < 4.78 is 2.49. The molecule has 2 nitrogen and oxygen atoms in total. The summed E-state index contributed by atoms with van der Waals surface area (Å²) >= 11 is 0. The lowest BCUT2D eigenvalue weighted by Crippen LogP contribution is -2.15. The standard InChI is InChI=1S/C43H30N2/c1-43(2)36-16-8-5-12-29(36)30-21-20-27(24-37(30)43)45-40-18-10-7-15-33(40)42-32-14-4-3-11-28(32)34(25-41(42)45)26-19-22-39-35(23-26)31-13-6-9-17-38(31)44-39/h3-25,44H,1-2H3. The highest BCUT2D eigenvalue weighted by Crippen LogP contribution is 2.50. The van der Waals surface area contributed by atoms with Crippen LogP contribution >= 0.6 is 0 Å². The van der Waals surface area contributed by atoms with E-state index in [9.17, 15) is 0 Å². The van der Waals surface area contributed by atoms with Crippen LogP contribution in [0.15, 0.2) is 140 Å². The van der Waals surface area contributed by atoms with Crippen LogP contribution in [0.25, 0.3) is 82.3 Å². The molecular formula is C43H30N2. The molecule has 0 saturated heterocycles. The van der Waals surface area contributed by atoms with E-state index in [1.165, 1.54) is 93.5 Å². The smallest absolute Gasteiger partial charge is 0.0553 e. The van der Waals surface area contributed by atoms with Gasteiger partial charge in [-0.1, -0.05) is 111 Å². The van der Waals surface area contributed by atoms with Gasteiger partial charge >= 0.3 is 0 Å². The summed E-state index contributed by atoms with van der Waals surface area (Å²) in [6.07, 6.45) is 0. The summed E-state index contributed by atoms with van der Waals surface area (Å²) in [6.45, 7) is 4.72. The van der Waals surface area contributed by atoms with Gasteiger partial charge in [0.15, 0.2) is 0 Å². The van der Waals surface area contributed by atoms with Gasteiger partial charge < -0.3 is 9.55 Å². The van der Waals surface area contributed by atoms with E-state index >= 15 is 0 Å². The molecule has 0 unspecified atom stereocenters. The molecule has 7 aromatic carbocycles. The Kier molecular flexibility index (Phi) is 4.82. The van der Waals surface area contributed by atoms with Crippen LogP contribution < -0.4 is 0 Å². The minimum atomic E-state index is -0.0622. The van der Waals surface area contributed by atoms with Crippen LogP contribution in [-0.2, 0) is 5.41 Å². The Labute approximate surface area is 261 Å². The van der Waals surface area contributed by atoms with Crippen LogP contribution in [0, 0.1) is 0 Å². The van der Waals surface area contributed by atoms with E-state index in [2.05, 4.69) is 163 Å². The maximum atomic E-state index is 3.60. The van der Waals surface area contributed by atoms with Crippen LogP contribution in [0.1, 0.15) is 25.0 Å². The van der Waals surface area contributed by atoms with Crippen molar-refractivity contribution in [3.63, 3.8) is 0 Å². The summed E-state index contributed by atoms with van der Waals surface area (Å²) in [5.41, 5.74) is 13.9. The van der Waals surface area contributed by atoms with E-state index in [-0.39, 0.29) is 5.41 Å². The number of nitrogens with one attached hydrogen (secondary N) is 1. The van der Waals surface area contributed by atoms with Gasteiger partial charge in [0.25, 0.3) is 0 Å². The molecule has 0 radical (unpaired) electrons. The van der Waals surface area contributed by atoms with Gasteiger partial charge in [0.1, 0.15) is 0 Å². The minimum Gasteiger partial charge on any atom is -0.355 e. The third-order valence-electron chi connectivity index (χ3n) is 10.3. The number of H-pyrrole nitrogens is 1. The van der Waals surface area contributed by atoms with Gasteiger partial charge in [-0.05, 0) is 86.6 Å². The number of rotatable bonds is 2. The molecule has 10 rings (SSSR count). The first-order chi connectivity index (χ1) is 22.1. The van der Waals surface area contributed by atoms with Crippen LogP contribution in [0.2, 0.25) is 0 Å². The summed E-state index contributed by atoms with van der Waals surface area (Å²) in [5, 5.41) is 7.67. The van der Waals surface area contributed by atoms with Gasteiger partial charge in [-0.15, -0.1) is 0 Å². The maximum Gasteiger partial charge on any atom is 0.0553 e. The fourth-order valence-electron chi connectivity index (χ4n) is 8.19. The van der Waals surface area contributed by atoms with E-state index in [0.717, 1.165) is 0 Å². The van der Waals surface area contributed by atoms with Crippen molar-refractivity contribution in [3.8, 4) is 27.9 Å². The highest BCUT2D eigenvalue weighted by atomic mass is 15.0. The zero-order valence-electron chi connectivity index (χ0n) is 25.2. The normalized spacial score (nSPS) is 13.7. The molecule has 2 aromatic heterocycles. The highest BCUT2D eigenvalue weighted by Gasteiger charge is 2.35. The Morgan fingerprint density at radius 1 is 0.467 bits per heavy atom. The summed E-state index contributed by atoms with van der Waals surface area (Å²) in [6, 6.07) is 51.7. The molecule has 0 amide bonds. The number of nitrogens with zero attached hydrogens (tertiary/aromatic N) is 1. The number of hydrogen-bond acceptors (Lipinski definition) is 0. The predicted octanol–water partition coefficient (Wildman–Crippen LogP) is 11.5. The molecule has 2 heteroatoms. The lowest BCUT2D eigenvalue weighted by molar-refractivity contribution is 0.660. The molecule has 0 atom stereocenters. The Morgan fingerprint density at radius 2 is 1.16 bits per heavy atom. The minimum absolute atomic E-state index is 0.0622. The van der Waals surface area contributed by atoms with Crippen LogP contribution in [-0.4, -0.2) is 9.55 Å². The molecule has 9 aromatic rings. The van der Waals surface area contributed by atoms with Crippen LogP contribution in [0.4, 0.5) is 0 Å². The molecule has 212 valence electrons. The monoisotopic (exact) mass is 574 g/mol. The van der Waals surface area contributed by atoms with Crippen molar-refractivity contribution >= 4 is 54.4 Å². The van der Waals surface area contributed by atoms with Crippen molar-refractivity contribution in [2.45, 2.75) is 19.3 Å². The SMILES string of the molecule is CC1(C)c2ccccc2-c2ccc(-n3c4ccccc4c4c5ccccc5c(-c5ccc6[nH]c7ccccc7c6c5)cc43)cc21. The molecule has 0 bridgehead atoms. The van der Waals surface area contributed by atoms with Gasteiger partial charge in [0, 0.05) is 43.7 Å². The Hall–Kier alpha value is -5.60. The predicted molar refractivity (Wildman–Crippen MR) is 191 cm³/mol. The molecule has 45 heavy (non-hydrogen) atoms. The van der Waals surface area contributed by atoms with Crippen molar-refractivity contribution < 1.29 is 0 Å². The first-order valence-electron chi connectivity index (χ1n) is 15.8. The Morgan fingerprint density at radius 3 is 2.04 bits per heavy atom. The van der Waals surface area contributed by atoms with Crippen molar-refractivity contribution in [2.75, 3.05) is 0 Å². The maximum absolute atomic E-state index is 3.60. The van der Waals surface area contributed by atoms with E-state index < -0.39 is 0 Å². The zero-order chi connectivity index (χ0) is 29.9. The third-order valence-corrected chi connectivity index (χ3v) is 10.3. The summed E-state index contributed by atoms with van der Waals surface area (Å²) in [4.78, 5) is 3.60. The van der Waals surface area contributed by atoms with E-state index in [0.29, 0.717) is 0 Å². The van der Waals surface area contributed by atoms with Crippen LogP contribution in [0.3, 0.4) is 0 Å². The fraction of sp³-hybridized carbons (Fsp3) is 0.0698. The van der Waals surface area contributed by atoms with Crippen molar-refractivity contribution in [1.82, 2.24) is 9.55 Å². The number of aromatic amines is 1. The summed E-state index contributed by atoms with van der Waals surface area (Å²) in [7, 11) is 0. The highest BCUT2D eigenvalue weighted by molar-refractivity contribution is 6.24. The van der Waals surface area contributed by atoms with E-state index in [4.69, 9.17) is 0 Å². The second-order valence-electron chi connectivity index (χ2n) is 13.0. The van der Waals surface area contributed by atoms with Crippen LogP contribution in [0.5, 0.6) is 0 Å². The van der Waals surface area contributed by atoms with Gasteiger partial charge in [-0.2, -0.15) is 0 Å². The second kappa shape index (κ2) is 8.74. The average molecular weight is 575 g/mol. The first-order valence-corrected chi connectivity index (χ1v) is 15.8. The van der Waals surface area contributed by atoms with E-state index in [1.807, 2.05) is 0 Å². The lowest BCUT2D eigenvalue weighted by Gasteiger charge is -2.22. The second-order valence-corrected chi connectivity index (χ2v) is 13.0. The number of benzene rings is 7. The molecule has 0 spiro atoms. The fourth-order valence-corrected chi connectivity index (χ4v) is 8.19. The topological polar surface area (TPSA) is 20.7 Å². The number of aromatic nitrogens is 2.